The lowest BCUT2D eigenvalue weighted by molar-refractivity contribution is -0.385. The zero-order valence-electron chi connectivity index (χ0n) is 11.2. The Morgan fingerprint density at radius 1 is 1.47 bits per heavy atom. The second kappa shape index (κ2) is 6.02. The van der Waals surface area contributed by atoms with E-state index >= 15 is 0 Å². The summed E-state index contributed by atoms with van der Waals surface area (Å²) in [6, 6.07) is 3.95. The predicted molar refractivity (Wildman–Crippen MR) is 74.5 cm³/mol. The van der Waals surface area contributed by atoms with Gasteiger partial charge in [0.25, 0.3) is 11.6 Å². The first-order valence-corrected chi connectivity index (χ1v) is 6.37. The minimum atomic E-state index is -0.587. The highest BCUT2D eigenvalue weighted by atomic mass is 35.5. The highest BCUT2D eigenvalue weighted by Gasteiger charge is 2.22. The molecular formula is C13H17ClN2O3. The van der Waals surface area contributed by atoms with Crippen molar-refractivity contribution in [3.63, 3.8) is 0 Å². The van der Waals surface area contributed by atoms with Crippen LogP contribution in [-0.4, -0.2) is 17.4 Å². The van der Waals surface area contributed by atoms with Crippen LogP contribution in [0.1, 0.15) is 37.6 Å². The molecule has 0 aromatic heterocycles. The summed E-state index contributed by atoms with van der Waals surface area (Å²) in [5.74, 6) is -0.476. The SMILES string of the molecule is CCC(C)(C)CNC(=O)c1cc(Cl)ccc1[N+](=O)[O-]. The fourth-order valence-electron chi connectivity index (χ4n) is 1.39. The Labute approximate surface area is 117 Å². The van der Waals surface area contributed by atoms with Crippen LogP contribution >= 0.6 is 11.6 Å². The zero-order valence-corrected chi connectivity index (χ0v) is 12.0. The van der Waals surface area contributed by atoms with E-state index in [0.717, 1.165) is 6.42 Å². The van der Waals surface area contributed by atoms with E-state index in [0.29, 0.717) is 11.6 Å². The van der Waals surface area contributed by atoms with Gasteiger partial charge < -0.3 is 5.32 Å². The Morgan fingerprint density at radius 2 is 2.11 bits per heavy atom. The average molecular weight is 285 g/mol. The van der Waals surface area contributed by atoms with Gasteiger partial charge in [0.2, 0.25) is 0 Å². The van der Waals surface area contributed by atoms with Crippen LogP contribution < -0.4 is 5.32 Å². The molecule has 1 aromatic carbocycles. The van der Waals surface area contributed by atoms with Gasteiger partial charge in [-0.2, -0.15) is 0 Å². The fourth-order valence-corrected chi connectivity index (χ4v) is 1.56. The topological polar surface area (TPSA) is 72.2 Å². The third-order valence-corrected chi connectivity index (χ3v) is 3.32. The average Bonchev–Trinajstić information content (AvgIpc) is 2.35. The molecule has 1 rings (SSSR count). The van der Waals surface area contributed by atoms with Crippen molar-refractivity contribution in [2.24, 2.45) is 5.41 Å². The summed E-state index contributed by atoms with van der Waals surface area (Å²) >= 11 is 5.78. The molecule has 0 aliphatic heterocycles. The second-order valence-electron chi connectivity index (χ2n) is 5.12. The van der Waals surface area contributed by atoms with Gasteiger partial charge in [-0.1, -0.05) is 32.4 Å². The van der Waals surface area contributed by atoms with Crippen LogP contribution in [0.3, 0.4) is 0 Å². The van der Waals surface area contributed by atoms with Crippen LogP contribution in [0.2, 0.25) is 5.02 Å². The van der Waals surface area contributed by atoms with Crippen molar-refractivity contribution in [2.45, 2.75) is 27.2 Å². The number of rotatable bonds is 5. The Hall–Kier alpha value is -1.62. The molecule has 5 nitrogen and oxygen atoms in total. The van der Waals surface area contributed by atoms with Crippen LogP contribution in [0.15, 0.2) is 18.2 Å². The molecule has 0 radical (unpaired) electrons. The third-order valence-electron chi connectivity index (χ3n) is 3.08. The van der Waals surface area contributed by atoms with Crippen LogP contribution in [0.25, 0.3) is 0 Å². The molecule has 0 aliphatic rings. The molecule has 1 N–H and O–H groups in total. The molecule has 1 amide bonds. The maximum atomic E-state index is 12.0. The van der Waals surface area contributed by atoms with Crippen LogP contribution in [-0.2, 0) is 0 Å². The zero-order chi connectivity index (χ0) is 14.6. The van der Waals surface area contributed by atoms with E-state index < -0.39 is 10.8 Å². The van der Waals surface area contributed by atoms with Gasteiger partial charge in [-0.3, -0.25) is 14.9 Å². The standard InChI is InChI=1S/C13H17ClN2O3/c1-4-13(2,3)8-15-12(17)10-7-9(14)5-6-11(10)16(18)19/h5-7H,4,8H2,1-3H3,(H,15,17). The van der Waals surface area contributed by atoms with Gasteiger partial charge >= 0.3 is 0 Å². The molecule has 0 saturated carbocycles. The number of benzene rings is 1. The van der Waals surface area contributed by atoms with Gasteiger partial charge in [-0.25, -0.2) is 0 Å². The van der Waals surface area contributed by atoms with Gasteiger partial charge in [0.1, 0.15) is 5.56 Å². The van der Waals surface area contributed by atoms with Crippen molar-refractivity contribution in [1.82, 2.24) is 5.32 Å². The number of nitrogens with zero attached hydrogens (tertiary/aromatic N) is 1. The fraction of sp³-hybridized carbons (Fsp3) is 0.462. The number of hydrogen-bond acceptors (Lipinski definition) is 3. The van der Waals surface area contributed by atoms with E-state index in [1.54, 1.807) is 0 Å². The number of nitro groups is 1. The van der Waals surface area contributed by atoms with Crippen LogP contribution in [0, 0.1) is 15.5 Å². The summed E-state index contributed by atoms with van der Waals surface area (Å²) in [7, 11) is 0. The Morgan fingerprint density at radius 3 is 2.63 bits per heavy atom. The van der Waals surface area contributed by atoms with E-state index in [1.807, 2.05) is 20.8 Å². The maximum absolute atomic E-state index is 12.0. The lowest BCUT2D eigenvalue weighted by Crippen LogP contribution is -2.33. The first-order chi connectivity index (χ1) is 8.76. The summed E-state index contributed by atoms with van der Waals surface area (Å²) in [4.78, 5) is 22.3. The molecule has 19 heavy (non-hydrogen) atoms. The van der Waals surface area contributed by atoms with Crippen molar-refractivity contribution in [3.05, 3.63) is 38.9 Å². The molecule has 6 heteroatoms. The van der Waals surface area contributed by atoms with Gasteiger partial charge in [0, 0.05) is 17.6 Å². The van der Waals surface area contributed by atoms with Crippen molar-refractivity contribution in [1.29, 1.82) is 0 Å². The highest BCUT2D eigenvalue weighted by Crippen LogP contribution is 2.23. The Bertz CT molecular complexity index is 501. The van der Waals surface area contributed by atoms with E-state index in [9.17, 15) is 14.9 Å². The van der Waals surface area contributed by atoms with Crippen LogP contribution in [0.5, 0.6) is 0 Å². The summed E-state index contributed by atoms with van der Waals surface area (Å²) < 4.78 is 0. The van der Waals surface area contributed by atoms with Crippen molar-refractivity contribution < 1.29 is 9.72 Å². The number of halogens is 1. The summed E-state index contributed by atoms with van der Waals surface area (Å²) in [5.41, 5.74) is -0.302. The molecule has 104 valence electrons. The number of carbonyl (C=O) groups is 1. The predicted octanol–water partition coefficient (Wildman–Crippen LogP) is 3.41. The molecule has 0 aliphatic carbocycles. The van der Waals surface area contributed by atoms with E-state index in [-0.39, 0.29) is 16.7 Å². The number of nitrogens with one attached hydrogen (secondary N) is 1. The molecule has 0 atom stereocenters. The Kier molecular flexibility index (Phi) is 4.89. The van der Waals surface area contributed by atoms with Crippen molar-refractivity contribution >= 4 is 23.2 Å². The monoisotopic (exact) mass is 284 g/mol. The van der Waals surface area contributed by atoms with Crippen LogP contribution in [0.4, 0.5) is 5.69 Å². The summed E-state index contributed by atoms with van der Waals surface area (Å²) in [6.45, 7) is 6.50. The second-order valence-corrected chi connectivity index (χ2v) is 5.56. The van der Waals surface area contributed by atoms with Gasteiger partial charge in [0.15, 0.2) is 0 Å². The van der Waals surface area contributed by atoms with Crippen molar-refractivity contribution in [3.8, 4) is 0 Å². The lowest BCUT2D eigenvalue weighted by Gasteiger charge is -2.22. The van der Waals surface area contributed by atoms with Gasteiger partial charge in [0.05, 0.1) is 4.92 Å². The van der Waals surface area contributed by atoms with E-state index in [4.69, 9.17) is 11.6 Å². The quantitative estimate of drug-likeness (QED) is 0.665. The van der Waals surface area contributed by atoms with Gasteiger partial charge in [-0.05, 0) is 24.0 Å². The third kappa shape index (κ3) is 4.21. The maximum Gasteiger partial charge on any atom is 0.282 e. The number of amides is 1. The summed E-state index contributed by atoms with van der Waals surface area (Å²) in [6.07, 6.45) is 0.894. The molecule has 0 spiro atoms. The molecule has 0 heterocycles. The van der Waals surface area contributed by atoms with Gasteiger partial charge in [-0.15, -0.1) is 0 Å². The summed E-state index contributed by atoms with van der Waals surface area (Å²) in [5, 5.41) is 13.9. The first-order valence-electron chi connectivity index (χ1n) is 5.99. The number of hydrogen-bond donors (Lipinski definition) is 1. The molecule has 0 saturated heterocycles. The molecular weight excluding hydrogens is 268 g/mol. The van der Waals surface area contributed by atoms with Crippen molar-refractivity contribution in [2.75, 3.05) is 6.54 Å². The lowest BCUT2D eigenvalue weighted by atomic mass is 9.90. The largest absolute Gasteiger partial charge is 0.351 e. The minimum Gasteiger partial charge on any atom is -0.351 e. The van der Waals surface area contributed by atoms with E-state index in [2.05, 4.69) is 5.32 Å². The van der Waals surface area contributed by atoms with E-state index in [1.165, 1.54) is 18.2 Å². The molecule has 0 fully saturated rings. The smallest absolute Gasteiger partial charge is 0.282 e. The molecule has 1 aromatic rings. The number of carbonyl (C=O) groups excluding carboxylic acids is 1. The minimum absolute atomic E-state index is 0.00981. The number of nitro benzene ring substituents is 1. The first kappa shape index (κ1) is 15.4. The normalized spacial score (nSPS) is 11.2. The highest BCUT2D eigenvalue weighted by molar-refractivity contribution is 6.31. The Balaban J connectivity index is 2.93. The molecule has 0 bridgehead atoms. The molecule has 0 unspecified atom stereocenters.